The van der Waals surface area contributed by atoms with Crippen LogP contribution in [-0.4, -0.2) is 23.1 Å². The summed E-state index contributed by atoms with van der Waals surface area (Å²) in [4.78, 5) is 24.2. The molecule has 2 N–H and O–H groups in total. The maximum Gasteiger partial charge on any atom is 0.246 e. The van der Waals surface area contributed by atoms with Gasteiger partial charge < -0.3 is 10.6 Å². The molecule has 0 radical (unpaired) electrons. The summed E-state index contributed by atoms with van der Waals surface area (Å²) < 4.78 is 0. The second-order valence-corrected chi connectivity index (χ2v) is 6.43. The molecule has 2 amide bonds. The highest BCUT2D eigenvalue weighted by Crippen LogP contribution is 2.30. The molecule has 0 saturated carbocycles. The molecule has 0 aliphatic carbocycles. The van der Waals surface area contributed by atoms with E-state index < -0.39 is 6.04 Å². The van der Waals surface area contributed by atoms with E-state index in [1.54, 1.807) is 11.8 Å². The molecule has 1 aromatic carbocycles. The SMILES string of the molecule is CC(C)Sc1ccccc1NC(=O)C1CCC(=O)N1. The number of hydrogen-bond acceptors (Lipinski definition) is 3. The van der Waals surface area contributed by atoms with E-state index in [1.165, 1.54) is 0 Å². The quantitative estimate of drug-likeness (QED) is 0.832. The van der Waals surface area contributed by atoms with E-state index in [0.29, 0.717) is 18.1 Å². The van der Waals surface area contributed by atoms with E-state index in [-0.39, 0.29) is 11.8 Å². The van der Waals surface area contributed by atoms with Gasteiger partial charge in [-0.05, 0) is 18.6 Å². The van der Waals surface area contributed by atoms with Crippen LogP contribution >= 0.6 is 11.8 Å². The number of hydrogen-bond donors (Lipinski definition) is 2. The Bertz CT molecular complexity index is 488. The number of rotatable bonds is 4. The number of carbonyl (C=O) groups is 2. The van der Waals surface area contributed by atoms with Gasteiger partial charge in [-0.2, -0.15) is 0 Å². The molecule has 2 rings (SSSR count). The molecule has 102 valence electrons. The van der Waals surface area contributed by atoms with Crippen molar-refractivity contribution in [2.24, 2.45) is 0 Å². The molecule has 4 nitrogen and oxygen atoms in total. The average molecular weight is 278 g/mol. The standard InChI is InChI=1S/C14H18N2O2S/c1-9(2)19-12-6-4-3-5-10(12)16-14(18)11-7-8-13(17)15-11/h3-6,9,11H,7-8H2,1-2H3,(H,15,17)(H,16,18). The van der Waals surface area contributed by atoms with Crippen LogP contribution in [0.4, 0.5) is 5.69 Å². The zero-order chi connectivity index (χ0) is 13.8. The monoisotopic (exact) mass is 278 g/mol. The number of thioether (sulfide) groups is 1. The lowest BCUT2D eigenvalue weighted by molar-refractivity contribution is -0.122. The smallest absolute Gasteiger partial charge is 0.246 e. The molecule has 5 heteroatoms. The molecule has 1 atom stereocenters. The fourth-order valence-electron chi connectivity index (χ4n) is 1.96. The summed E-state index contributed by atoms with van der Waals surface area (Å²) in [5.74, 6) is -0.187. The van der Waals surface area contributed by atoms with Gasteiger partial charge in [-0.1, -0.05) is 26.0 Å². The number of amides is 2. The Morgan fingerprint density at radius 1 is 1.42 bits per heavy atom. The van der Waals surface area contributed by atoms with Gasteiger partial charge in [0.1, 0.15) is 6.04 Å². The number of carbonyl (C=O) groups excluding carboxylic acids is 2. The van der Waals surface area contributed by atoms with Gasteiger partial charge in [0.2, 0.25) is 11.8 Å². The number of benzene rings is 1. The van der Waals surface area contributed by atoms with Crippen LogP contribution in [0.15, 0.2) is 29.2 Å². The normalized spacial score (nSPS) is 18.5. The van der Waals surface area contributed by atoms with Crippen LogP contribution in [0.1, 0.15) is 26.7 Å². The molecule has 1 fully saturated rings. The lowest BCUT2D eigenvalue weighted by Crippen LogP contribution is -2.37. The third-order valence-electron chi connectivity index (χ3n) is 2.82. The molecule has 1 aromatic rings. The predicted octanol–water partition coefficient (Wildman–Crippen LogP) is 2.40. The topological polar surface area (TPSA) is 58.2 Å². The molecular formula is C14H18N2O2S. The molecule has 0 spiro atoms. The maximum atomic E-state index is 12.1. The molecule has 19 heavy (non-hydrogen) atoms. The Labute approximate surface area is 117 Å². The molecule has 1 aliphatic rings. The van der Waals surface area contributed by atoms with Crippen LogP contribution in [0.2, 0.25) is 0 Å². The van der Waals surface area contributed by atoms with Crippen LogP contribution in [0.5, 0.6) is 0 Å². The van der Waals surface area contributed by atoms with E-state index >= 15 is 0 Å². The van der Waals surface area contributed by atoms with Crippen molar-refractivity contribution in [3.8, 4) is 0 Å². The van der Waals surface area contributed by atoms with E-state index in [0.717, 1.165) is 10.6 Å². The molecule has 0 aromatic heterocycles. The third kappa shape index (κ3) is 3.73. The second kappa shape index (κ2) is 6.10. The van der Waals surface area contributed by atoms with Crippen molar-refractivity contribution in [3.05, 3.63) is 24.3 Å². The molecule has 1 heterocycles. The van der Waals surface area contributed by atoms with Gasteiger partial charge in [-0.25, -0.2) is 0 Å². The van der Waals surface area contributed by atoms with Gasteiger partial charge in [-0.3, -0.25) is 9.59 Å². The molecule has 0 bridgehead atoms. The first kappa shape index (κ1) is 13.9. The fraction of sp³-hybridized carbons (Fsp3) is 0.429. The summed E-state index contributed by atoms with van der Waals surface area (Å²) in [5, 5.41) is 6.03. The van der Waals surface area contributed by atoms with Crippen LogP contribution in [0, 0.1) is 0 Å². The molecule has 1 unspecified atom stereocenters. The summed E-state index contributed by atoms with van der Waals surface area (Å²) in [5.41, 5.74) is 0.812. The van der Waals surface area contributed by atoms with Gasteiger partial charge in [0.25, 0.3) is 0 Å². The van der Waals surface area contributed by atoms with Gasteiger partial charge in [0.15, 0.2) is 0 Å². The van der Waals surface area contributed by atoms with E-state index in [4.69, 9.17) is 0 Å². The lowest BCUT2D eigenvalue weighted by Gasteiger charge is -2.15. The van der Waals surface area contributed by atoms with E-state index in [1.807, 2.05) is 24.3 Å². The number of anilines is 1. The Kier molecular flexibility index (Phi) is 4.47. The first-order chi connectivity index (χ1) is 9.06. The number of para-hydroxylation sites is 1. The van der Waals surface area contributed by atoms with Crippen molar-refractivity contribution in [1.82, 2.24) is 5.32 Å². The Morgan fingerprint density at radius 2 is 2.16 bits per heavy atom. The fourth-order valence-corrected chi connectivity index (χ4v) is 2.87. The molecular weight excluding hydrogens is 260 g/mol. The number of nitrogens with one attached hydrogen (secondary N) is 2. The Balaban J connectivity index is 2.06. The summed E-state index contributed by atoms with van der Waals surface area (Å²) in [6, 6.07) is 7.34. The highest BCUT2D eigenvalue weighted by Gasteiger charge is 2.27. The van der Waals surface area contributed by atoms with Crippen molar-refractivity contribution < 1.29 is 9.59 Å². The van der Waals surface area contributed by atoms with Crippen molar-refractivity contribution in [1.29, 1.82) is 0 Å². The largest absolute Gasteiger partial charge is 0.344 e. The molecule has 1 saturated heterocycles. The minimum absolute atomic E-state index is 0.0509. The van der Waals surface area contributed by atoms with E-state index in [9.17, 15) is 9.59 Å². The van der Waals surface area contributed by atoms with Crippen molar-refractivity contribution >= 4 is 29.3 Å². The summed E-state index contributed by atoms with van der Waals surface area (Å²) >= 11 is 1.71. The zero-order valence-electron chi connectivity index (χ0n) is 11.1. The average Bonchev–Trinajstić information content (AvgIpc) is 2.78. The summed E-state index contributed by atoms with van der Waals surface area (Å²) in [7, 11) is 0. The van der Waals surface area contributed by atoms with Crippen LogP contribution in [0.3, 0.4) is 0 Å². The summed E-state index contributed by atoms with van der Waals surface area (Å²) in [6.45, 7) is 4.22. The van der Waals surface area contributed by atoms with Crippen molar-refractivity contribution in [3.63, 3.8) is 0 Å². The van der Waals surface area contributed by atoms with E-state index in [2.05, 4.69) is 24.5 Å². The van der Waals surface area contributed by atoms with Gasteiger partial charge in [0, 0.05) is 16.6 Å². The molecule has 1 aliphatic heterocycles. The maximum absolute atomic E-state index is 12.1. The van der Waals surface area contributed by atoms with Crippen LogP contribution in [0.25, 0.3) is 0 Å². The van der Waals surface area contributed by atoms with Gasteiger partial charge in [-0.15, -0.1) is 11.8 Å². The second-order valence-electron chi connectivity index (χ2n) is 4.81. The first-order valence-corrected chi connectivity index (χ1v) is 7.30. The minimum atomic E-state index is -0.399. The zero-order valence-corrected chi connectivity index (χ0v) is 11.9. The van der Waals surface area contributed by atoms with Crippen molar-refractivity contribution in [2.75, 3.05) is 5.32 Å². The Hall–Kier alpha value is -1.49. The van der Waals surface area contributed by atoms with Gasteiger partial charge >= 0.3 is 0 Å². The van der Waals surface area contributed by atoms with Gasteiger partial charge in [0.05, 0.1) is 5.69 Å². The third-order valence-corrected chi connectivity index (χ3v) is 3.90. The predicted molar refractivity (Wildman–Crippen MR) is 77.2 cm³/mol. The highest BCUT2D eigenvalue weighted by molar-refractivity contribution is 8.00. The van der Waals surface area contributed by atoms with Crippen LogP contribution in [-0.2, 0) is 9.59 Å². The summed E-state index contributed by atoms with van der Waals surface area (Å²) in [6.07, 6.45) is 1.00. The highest BCUT2D eigenvalue weighted by atomic mass is 32.2. The Morgan fingerprint density at radius 3 is 2.79 bits per heavy atom. The minimum Gasteiger partial charge on any atom is -0.344 e. The lowest BCUT2D eigenvalue weighted by atomic mass is 10.2. The van der Waals surface area contributed by atoms with Crippen LogP contribution < -0.4 is 10.6 Å². The van der Waals surface area contributed by atoms with Crippen molar-refractivity contribution in [2.45, 2.75) is 42.9 Å². The first-order valence-electron chi connectivity index (χ1n) is 6.42.